The van der Waals surface area contributed by atoms with Crippen LogP contribution in [0.5, 0.6) is 0 Å². The normalized spacial score (nSPS) is 7.00. The molecule has 0 fully saturated rings. The van der Waals surface area contributed by atoms with Crippen LogP contribution >= 0.6 is 0 Å². The predicted octanol–water partition coefficient (Wildman–Crippen LogP) is -1.12. The van der Waals surface area contributed by atoms with Crippen molar-refractivity contribution in [3.63, 3.8) is 0 Å². The van der Waals surface area contributed by atoms with E-state index in [9.17, 15) is 4.79 Å². The maximum absolute atomic E-state index is 9.75. The lowest BCUT2D eigenvalue weighted by molar-refractivity contribution is 0.211. The van der Waals surface area contributed by atoms with E-state index in [2.05, 4.69) is 25.3 Å². The Kier molecular flexibility index (Phi) is 2.77. The third-order valence-electron chi connectivity index (χ3n) is 0.195. The van der Waals surface area contributed by atoms with E-state index in [0.29, 0.717) is 0 Å². The molecule has 0 aromatic carbocycles. The Bertz CT molecular complexity index is 49.5. The molecule has 6 heavy (non-hydrogen) atoms. The van der Waals surface area contributed by atoms with Crippen LogP contribution in [0, 0.1) is 0 Å². The molecule has 0 aliphatic carbocycles. The molecule has 6 radical (unpaired) electrons. The van der Waals surface area contributed by atoms with Crippen LogP contribution in [-0.4, -0.2) is 27.0 Å². The third-order valence-corrected chi connectivity index (χ3v) is 0.584. The first-order chi connectivity index (χ1) is 2.81. The van der Waals surface area contributed by atoms with Crippen LogP contribution in [0.15, 0.2) is 0 Å². The van der Waals surface area contributed by atoms with Crippen LogP contribution < -0.4 is 4.98 Å². The third kappa shape index (κ3) is 1.97. The number of rotatable bonds is 0. The van der Waals surface area contributed by atoms with Gasteiger partial charge < -0.3 is 9.41 Å². The van der Waals surface area contributed by atoms with Gasteiger partial charge in [0.05, 0.1) is 0 Å². The minimum absolute atomic E-state index is 0.580. The van der Waals surface area contributed by atoms with Crippen molar-refractivity contribution in [2.24, 2.45) is 0 Å². The minimum atomic E-state index is -0.580. The van der Waals surface area contributed by atoms with Crippen molar-refractivity contribution in [1.29, 1.82) is 0 Å². The molecule has 1 amide bonds. The van der Waals surface area contributed by atoms with E-state index >= 15 is 0 Å². The number of nitrogens with one attached hydrogen (secondary N) is 1. The molecule has 0 heterocycles. The van der Waals surface area contributed by atoms with E-state index in [1.54, 1.807) is 0 Å². The molecule has 0 aliphatic heterocycles. The Morgan fingerprint density at radius 2 is 2.33 bits per heavy atom. The molecule has 0 spiro atoms. The monoisotopic (exact) mass is 115 g/mol. The zero-order chi connectivity index (χ0) is 4.99. The van der Waals surface area contributed by atoms with Gasteiger partial charge in [0.25, 0.3) is 0 Å². The van der Waals surface area contributed by atoms with Crippen molar-refractivity contribution in [1.82, 2.24) is 4.98 Å². The second-order valence-electron chi connectivity index (χ2n) is 0.515. The standard InChI is InChI=1S/CHNO2Si2/c3-1(2-5)4-6/h(H,2,3). The average molecular weight is 115 g/mol. The maximum Gasteiger partial charge on any atom is 0.384 e. The van der Waals surface area contributed by atoms with Gasteiger partial charge in [-0.2, -0.15) is 0 Å². The molecule has 0 atom stereocenters. The highest BCUT2D eigenvalue weighted by Crippen LogP contribution is 1.60. The van der Waals surface area contributed by atoms with E-state index in [1.165, 1.54) is 0 Å². The highest BCUT2D eigenvalue weighted by molar-refractivity contribution is 6.16. The second kappa shape index (κ2) is 2.92. The number of carbonyl (C=O) groups is 1. The van der Waals surface area contributed by atoms with E-state index in [0.717, 1.165) is 0 Å². The average Bonchev–Trinajstić information content (AvgIpc) is 1.65. The van der Waals surface area contributed by atoms with Gasteiger partial charge in [-0.1, -0.05) is 0 Å². The van der Waals surface area contributed by atoms with Gasteiger partial charge in [-0.05, 0) is 0 Å². The first-order valence-corrected chi connectivity index (χ1v) is 2.02. The summed E-state index contributed by atoms with van der Waals surface area (Å²) in [4.78, 5) is 11.8. The summed E-state index contributed by atoms with van der Waals surface area (Å²) in [6.45, 7) is 0. The van der Waals surface area contributed by atoms with Crippen LogP contribution in [0.2, 0.25) is 0 Å². The summed E-state index contributed by atoms with van der Waals surface area (Å²) in [7, 11) is 5.14. The fourth-order valence-corrected chi connectivity index (χ4v) is 0.230. The molecule has 30 valence electrons. The second-order valence-corrected chi connectivity index (χ2v) is 0.969. The van der Waals surface area contributed by atoms with Gasteiger partial charge in [-0.25, -0.2) is 4.79 Å². The molecule has 0 rings (SSSR count). The number of carbonyl (C=O) groups excluding carboxylic acids is 1. The van der Waals surface area contributed by atoms with Gasteiger partial charge in [-0.15, -0.1) is 0 Å². The van der Waals surface area contributed by atoms with Crippen LogP contribution in [0.3, 0.4) is 0 Å². The molecule has 3 nitrogen and oxygen atoms in total. The molecule has 0 unspecified atom stereocenters. The minimum Gasteiger partial charge on any atom is -0.501 e. The maximum atomic E-state index is 9.75. The van der Waals surface area contributed by atoms with Crippen molar-refractivity contribution in [3.8, 4) is 0 Å². The van der Waals surface area contributed by atoms with Crippen molar-refractivity contribution in [3.05, 3.63) is 0 Å². The molecular formula is CHNO2Si2. The van der Waals surface area contributed by atoms with Gasteiger partial charge in [0.1, 0.15) is 0 Å². The Balaban J connectivity index is 2.99. The summed E-state index contributed by atoms with van der Waals surface area (Å²) < 4.78 is 3.91. The van der Waals surface area contributed by atoms with Crippen molar-refractivity contribution < 1.29 is 9.22 Å². The van der Waals surface area contributed by atoms with Gasteiger partial charge in [0, 0.05) is 0 Å². The van der Waals surface area contributed by atoms with Crippen LogP contribution in [0.1, 0.15) is 0 Å². The molecule has 0 aromatic rings. The van der Waals surface area contributed by atoms with Crippen molar-refractivity contribution in [2.75, 3.05) is 0 Å². The van der Waals surface area contributed by atoms with Gasteiger partial charge in [0.2, 0.25) is 0 Å². The number of hydrogen-bond acceptors (Lipinski definition) is 2. The summed E-state index contributed by atoms with van der Waals surface area (Å²) in [5, 5.41) is 0. The zero-order valence-corrected chi connectivity index (χ0v) is 4.82. The van der Waals surface area contributed by atoms with Gasteiger partial charge in [0.15, 0.2) is 10.4 Å². The van der Waals surface area contributed by atoms with Crippen molar-refractivity contribution >= 4 is 27.0 Å². The molecular weight excluding hydrogens is 114 g/mol. The SMILES string of the molecule is O=C(N[Si])O[Si]. The quantitative estimate of drug-likeness (QED) is 0.406. The van der Waals surface area contributed by atoms with Crippen molar-refractivity contribution in [2.45, 2.75) is 0 Å². The summed E-state index contributed by atoms with van der Waals surface area (Å²) in [5.74, 6) is 0. The Morgan fingerprint density at radius 3 is 2.33 bits per heavy atom. The molecule has 0 saturated carbocycles. The number of hydrogen-bond donors (Lipinski definition) is 1. The number of amides is 1. The first-order valence-electron chi connectivity index (χ1n) is 1.11. The Morgan fingerprint density at radius 1 is 1.83 bits per heavy atom. The molecule has 0 aromatic heterocycles. The fourth-order valence-electron chi connectivity index (χ4n) is 0.0255. The topological polar surface area (TPSA) is 38.3 Å². The molecule has 5 heteroatoms. The zero-order valence-electron chi connectivity index (χ0n) is 2.82. The first kappa shape index (κ1) is 5.70. The Hall–Kier alpha value is -0.296. The largest absolute Gasteiger partial charge is 0.501 e. The van der Waals surface area contributed by atoms with Crippen LogP contribution in [-0.2, 0) is 4.43 Å². The summed E-state index contributed by atoms with van der Waals surface area (Å²) in [6, 6.07) is 0. The van der Waals surface area contributed by atoms with E-state index in [-0.39, 0.29) is 0 Å². The molecule has 1 N–H and O–H groups in total. The lowest BCUT2D eigenvalue weighted by Crippen LogP contribution is -2.19. The summed E-state index contributed by atoms with van der Waals surface area (Å²) >= 11 is 0. The summed E-state index contributed by atoms with van der Waals surface area (Å²) in [5.41, 5.74) is 0. The van der Waals surface area contributed by atoms with Gasteiger partial charge >= 0.3 is 16.6 Å². The lowest BCUT2D eigenvalue weighted by Gasteiger charge is -1.90. The molecule has 0 aliphatic rings. The lowest BCUT2D eigenvalue weighted by atomic mass is 11.3. The van der Waals surface area contributed by atoms with Crippen LogP contribution in [0.25, 0.3) is 0 Å². The molecule has 0 bridgehead atoms. The predicted molar refractivity (Wildman–Crippen MR) is 21.1 cm³/mol. The fraction of sp³-hybridized carbons (Fsp3) is 0. The summed E-state index contributed by atoms with van der Waals surface area (Å²) in [6.07, 6.45) is -0.580. The van der Waals surface area contributed by atoms with E-state index < -0.39 is 6.09 Å². The van der Waals surface area contributed by atoms with E-state index in [4.69, 9.17) is 0 Å². The highest BCUT2D eigenvalue weighted by atomic mass is 28.2. The van der Waals surface area contributed by atoms with E-state index in [1.807, 2.05) is 4.98 Å². The molecule has 0 saturated heterocycles. The Labute approximate surface area is 42.1 Å². The van der Waals surface area contributed by atoms with Crippen LogP contribution in [0.4, 0.5) is 4.79 Å². The van der Waals surface area contributed by atoms with Gasteiger partial charge in [-0.3, -0.25) is 0 Å². The smallest absolute Gasteiger partial charge is 0.384 e. The highest BCUT2D eigenvalue weighted by Gasteiger charge is 1.85.